The van der Waals surface area contributed by atoms with Crippen molar-refractivity contribution in [1.82, 2.24) is 20.0 Å². The highest BCUT2D eigenvalue weighted by atomic mass is 19.4. The number of pyridine rings is 1. The van der Waals surface area contributed by atoms with Crippen molar-refractivity contribution in [3.05, 3.63) is 137 Å². The van der Waals surface area contributed by atoms with Gasteiger partial charge in [0.15, 0.2) is 0 Å². The van der Waals surface area contributed by atoms with Crippen LogP contribution in [0.5, 0.6) is 5.75 Å². The summed E-state index contributed by atoms with van der Waals surface area (Å²) in [5, 5.41) is 16.1. The summed E-state index contributed by atoms with van der Waals surface area (Å²) in [7, 11) is 1.24. The third-order valence-electron chi connectivity index (χ3n) is 8.38. The van der Waals surface area contributed by atoms with E-state index in [-0.39, 0.29) is 29.1 Å². The van der Waals surface area contributed by atoms with Gasteiger partial charge in [0, 0.05) is 28.6 Å². The van der Waals surface area contributed by atoms with Crippen LogP contribution in [0.2, 0.25) is 0 Å². The van der Waals surface area contributed by atoms with Crippen molar-refractivity contribution in [1.29, 1.82) is 0 Å². The zero-order valence-electron chi connectivity index (χ0n) is 28.9. The van der Waals surface area contributed by atoms with Crippen LogP contribution in [0.4, 0.5) is 18.9 Å². The van der Waals surface area contributed by atoms with Crippen molar-refractivity contribution in [2.75, 3.05) is 19.0 Å². The molecular formula is C40H32F3N5O6. The number of anilines is 1. The van der Waals surface area contributed by atoms with Crippen LogP contribution in [0.15, 0.2) is 114 Å². The number of nitrogens with one attached hydrogen (secondary N) is 1. The molecule has 0 spiro atoms. The van der Waals surface area contributed by atoms with Crippen LogP contribution in [-0.2, 0) is 28.7 Å². The molecule has 54 heavy (non-hydrogen) atoms. The van der Waals surface area contributed by atoms with E-state index in [2.05, 4.69) is 44.7 Å². The van der Waals surface area contributed by atoms with E-state index in [1.807, 2.05) is 31.2 Å². The van der Waals surface area contributed by atoms with Gasteiger partial charge < -0.3 is 24.6 Å². The molecule has 0 aliphatic rings. The quantitative estimate of drug-likeness (QED) is 0.129. The molecule has 0 fully saturated rings. The summed E-state index contributed by atoms with van der Waals surface area (Å²) < 4.78 is 51.1. The number of carbonyl (C=O) groups is 3. The fraction of sp³-hybridized carbons (Fsp3) is 0.150. The van der Waals surface area contributed by atoms with Crippen LogP contribution in [0, 0.1) is 6.92 Å². The molecule has 14 heteroatoms. The van der Waals surface area contributed by atoms with Gasteiger partial charge in [-0.15, -0.1) is 0 Å². The Labute approximate surface area is 307 Å². The molecular weight excluding hydrogens is 703 g/mol. The molecule has 0 bridgehead atoms. The van der Waals surface area contributed by atoms with Gasteiger partial charge >= 0.3 is 12.1 Å². The molecule has 0 aliphatic carbocycles. The van der Waals surface area contributed by atoms with E-state index >= 15 is 0 Å². The monoisotopic (exact) mass is 735 g/mol. The highest BCUT2D eigenvalue weighted by molar-refractivity contribution is 5.97. The van der Waals surface area contributed by atoms with E-state index in [0.717, 1.165) is 27.7 Å². The third-order valence-corrected chi connectivity index (χ3v) is 8.38. The maximum Gasteiger partial charge on any atom is 0.416 e. The van der Waals surface area contributed by atoms with Gasteiger partial charge in [-0.2, -0.15) is 18.2 Å². The largest absolute Gasteiger partial charge is 0.497 e. The summed E-state index contributed by atoms with van der Waals surface area (Å²) in [4.78, 5) is 47.7. The molecule has 0 atom stereocenters. The molecule has 0 radical (unpaired) electrons. The number of ether oxygens (including phenoxy) is 1. The zero-order valence-corrected chi connectivity index (χ0v) is 28.9. The number of methoxy groups -OCH3 is 1. The number of alkyl halides is 3. The normalized spacial score (nSPS) is 11.2. The number of nitrogens with zero attached hydrogens (tertiary/aromatic N) is 4. The van der Waals surface area contributed by atoms with Gasteiger partial charge in [-0.05, 0) is 84.3 Å². The predicted molar refractivity (Wildman–Crippen MR) is 192 cm³/mol. The first-order chi connectivity index (χ1) is 25.9. The van der Waals surface area contributed by atoms with E-state index in [0.29, 0.717) is 23.0 Å². The number of hydrogen-bond donors (Lipinski definition) is 2. The minimum Gasteiger partial charge on any atom is -0.497 e. The summed E-state index contributed by atoms with van der Waals surface area (Å²) >= 11 is 0. The Morgan fingerprint density at radius 2 is 1.50 bits per heavy atom. The van der Waals surface area contributed by atoms with Gasteiger partial charge in [-0.3, -0.25) is 19.4 Å². The Hall–Kier alpha value is -6.83. The van der Waals surface area contributed by atoms with Gasteiger partial charge in [0.05, 0.1) is 31.3 Å². The second kappa shape index (κ2) is 15.8. The molecule has 2 N–H and O–H groups in total. The topological polar surface area (TPSA) is 148 Å². The number of aryl methyl sites for hydroxylation is 1. The SMILES string of the molecule is COc1ccc(CC(=O)Nc2ccc(C(=O)N(CC(=O)O)Cc3ccc(-c4noc(-c5ccc(-c6ccc(C)cc6)cc5)n4)cn3)cc2)c(C(F)(F)F)c1. The van der Waals surface area contributed by atoms with E-state index in [9.17, 15) is 32.7 Å². The summed E-state index contributed by atoms with van der Waals surface area (Å²) in [6.07, 6.45) is -3.76. The number of carboxylic acids is 1. The predicted octanol–water partition coefficient (Wildman–Crippen LogP) is 7.71. The lowest BCUT2D eigenvalue weighted by Crippen LogP contribution is -2.35. The Morgan fingerprint density at radius 1 is 0.852 bits per heavy atom. The second-order valence-corrected chi connectivity index (χ2v) is 12.3. The molecule has 0 saturated carbocycles. The molecule has 11 nitrogen and oxygen atoms in total. The fourth-order valence-corrected chi connectivity index (χ4v) is 5.58. The number of rotatable bonds is 12. The number of aliphatic carboxylic acids is 1. The standard InChI is InChI=1S/C40H32F3N5O6/c1-24-3-5-25(6-4-24)26-7-9-27(10-8-26)38-46-37(47-54-38)30-13-17-32(44-21-30)22-48(23-36(50)51)39(52)28-11-15-31(16-12-28)45-35(49)19-29-14-18-33(53-2)20-34(29)40(41,42)43/h3-18,20-21H,19,22-23H2,1-2H3,(H,45,49)(H,50,51). The number of carbonyl (C=O) groups excluding carboxylic acids is 2. The Morgan fingerprint density at radius 3 is 2.11 bits per heavy atom. The zero-order chi connectivity index (χ0) is 38.4. The van der Waals surface area contributed by atoms with E-state index in [1.165, 1.54) is 55.3 Å². The average molecular weight is 736 g/mol. The van der Waals surface area contributed by atoms with Crippen LogP contribution in [0.3, 0.4) is 0 Å². The van der Waals surface area contributed by atoms with Gasteiger partial charge in [-0.25, -0.2) is 0 Å². The smallest absolute Gasteiger partial charge is 0.416 e. The van der Waals surface area contributed by atoms with Gasteiger partial charge in [-0.1, -0.05) is 53.2 Å². The van der Waals surface area contributed by atoms with Crippen molar-refractivity contribution in [2.45, 2.75) is 26.1 Å². The maximum atomic E-state index is 13.6. The minimum atomic E-state index is -4.69. The molecule has 6 aromatic rings. The number of amides is 2. The lowest BCUT2D eigenvalue weighted by Gasteiger charge is -2.20. The Balaban J connectivity index is 1.09. The van der Waals surface area contributed by atoms with Crippen molar-refractivity contribution in [3.63, 3.8) is 0 Å². The van der Waals surface area contributed by atoms with Crippen LogP contribution in [-0.4, -0.2) is 56.6 Å². The summed E-state index contributed by atoms with van der Waals surface area (Å²) in [5.41, 5.74) is 4.11. The molecule has 0 unspecified atom stereocenters. The lowest BCUT2D eigenvalue weighted by molar-refractivity contribution is -0.139. The van der Waals surface area contributed by atoms with Crippen molar-refractivity contribution >= 4 is 23.5 Å². The maximum absolute atomic E-state index is 13.6. The molecule has 2 heterocycles. The van der Waals surface area contributed by atoms with Gasteiger partial charge in [0.25, 0.3) is 11.8 Å². The third kappa shape index (κ3) is 8.96. The van der Waals surface area contributed by atoms with Gasteiger partial charge in [0.1, 0.15) is 12.3 Å². The fourth-order valence-electron chi connectivity index (χ4n) is 5.58. The van der Waals surface area contributed by atoms with Crippen LogP contribution in [0.1, 0.15) is 32.7 Å². The van der Waals surface area contributed by atoms with Crippen LogP contribution >= 0.6 is 0 Å². The summed E-state index contributed by atoms with van der Waals surface area (Å²) in [6, 6.07) is 28.1. The summed E-state index contributed by atoms with van der Waals surface area (Å²) in [5.74, 6) is -1.96. The number of halogens is 3. The average Bonchev–Trinajstić information content (AvgIpc) is 3.65. The molecule has 2 amide bonds. The molecule has 274 valence electrons. The highest BCUT2D eigenvalue weighted by Gasteiger charge is 2.34. The number of hydrogen-bond acceptors (Lipinski definition) is 8. The van der Waals surface area contributed by atoms with E-state index < -0.39 is 42.5 Å². The van der Waals surface area contributed by atoms with E-state index in [4.69, 9.17) is 9.26 Å². The van der Waals surface area contributed by atoms with Crippen LogP contribution < -0.4 is 10.1 Å². The highest BCUT2D eigenvalue weighted by Crippen LogP contribution is 2.35. The first-order valence-corrected chi connectivity index (χ1v) is 16.5. The number of benzene rings is 4. The summed E-state index contributed by atoms with van der Waals surface area (Å²) in [6.45, 7) is 1.27. The van der Waals surface area contributed by atoms with Crippen molar-refractivity contribution in [2.24, 2.45) is 0 Å². The second-order valence-electron chi connectivity index (χ2n) is 12.3. The molecule has 4 aromatic carbocycles. The van der Waals surface area contributed by atoms with E-state index in [1.54, 1.807) is 12.1 Å². The first kappa shape index (κ1) is 36.9. The molecule has 0 aliphatic heterocycles. The number of aromatic nitrogens is 3. The van der Waals surface area contributed by atoms with Crippen LogP contribution in [0.25, 0.3) is 34.0 Å². The Bertz CT molecular complexity index is 2270. The molecule has 0 saturated heterocycles. The first-order valence-electron chi connectivity index (χ1n) is 16.5. The Kier molecular flexibility index (Phi) is 10.8. The molecule has 2 aromatic heterocycles. The number of carboxylic acid groups (broad SMARTS) is 1. The lowest BCUT2D eigenvalue weighted by atomic mass is 10.0. The van der Waals surface area contributed by atoms with Crippen molar-refractivity contribution < 1.29 is 41.9 Å². The molecule has 6 rings (SSSR count). The van der Waals surface area contributed by atoms with Gasteiger partial charge in [0.2, 0.25) is 11.7 Å². The van der Waals surface area contributed by atoms with Crippen molar-refractivity contribution in [3.8, 4) is 39.7 Å². The minimum absolute atomic E-state index is 0.00577.